The smallest absolute Gasteiger partial charge is 0.318 e. The van der Waals surface area contributed by atoms with E-state index >= 15 is 0 Å². The highest BCUT2D eigenvalue weighted by Gasteiger charge is 2.26. The molecule has 0 aliphatic carbocycles. The summed E-state index contributed by atoms with van der Waals surface area (Å²) < 4.78 is 7.43. The van der Waals surface area contributed by atoms with Gasteiger partial charge in [-0.1, -0.05) is 30.3 Å². The van der Waals surface area contributed by atoms with Crippen LogP contribution < -0.4 is 5.32 Å². The van der Waals surface area contributed by atoms with Gasteiger partial charge in [0.25, 0.3) is 0 Å². The minimum absolute atomic E-state index is 0.0674. The molecule has 23 heavy (non-hydrogen) atoms. The van der Waals surface area contributed by atoms with Crippen LogP contribution in [0.5, 0.6) is 0 Å². The number of nitrogens with zero attached hydrogens (tertiary/aromatic N) is 3. The number of hydrogen-bond acceptors (Lipinski definition) is 3. The Morgan fingerprint density at radius 2 is 2.17 bits per heavy atom. The molecule has 122 valence electrons. The zero-order chi connectivity index (χ0) is 16.2. The average molecular weight is 314 g/mol. The number of hydrogen-bond donors (Lipinski definition) is 1. The van der Waals surface area contributed by atoms with Crippen LogP contribution in [0.3, 0.4) is 0 Å². The Balaban J connectivity index is 1.82. The van der Waals surface area contributed by atoms with E-state index in [1.54, 1.807) is 11.1 Å². The number of nitrogens with one attached hydrogen (secondary N) is 1. The van der Waals surface area contributed by atoms with Crippen molar-refractivity contribution in [2.24, 2.45) is 7.05 Å². The van der Waals surface area contributed by atoms with Gasteiger partial charge >= 0.3 is 6.03 Å². The van der Waals surface area contributed by atoms with Gasteiger partial charge in [-0.3, -0.25) is 0 Å². The second kappa shape index (κ2) is 6.83. The first-order chi connectivity index (χ1) is 11.1. The molecule has 2 amide bonds. The van der Waals surface area contributed by atoms with Crippen LogP contribution in [0.25, 0.3) is 0 Å². The predicted molar refractivity (Wildman–Crippen MR) is 87.0 cm³/mol. The fourth-order valence-electron chi connectivity index (χ4n) is 2.82. The van der Waals surface area contributed by atoms with Gasteiger partial charge in [0.1, 0.15) is 11.9 Å². The Kier molecular flexibility index (Phi) is 4.62. The van der Waals surface area contributed by atoms with Gasteiger partial charge in [0.05, 0.1) is 12.7 Å². The van der Waals surface area contributed by atoms with Crippen molar-refractivity contribution >= 4 is 6.03 Å². The van der Waals surface area contributed by atoms with Gasteiger partial charge in [-0.25, -0.2) is 9.78 Å². The van der Waals surface area contributed by atoms with Crippen LogP contribution in [0.15, 0.2) is 42.7 Å². The van der Waals surface area contributed by atoms with Crippen LogP contribution in [0.1, 0.15) is 24.4 Å². The maximum absolute atomic E-state index is 12.7. The summed E-state index contributed by atoms with van der Waals surface area (Å²) in [5.41, 5.74) is 1.01. The van der Waals surface area contributed by atoms with E-state index in [2.05, 4.69) is 10.3 Å². The number of aromatic nitrogens is 2. The van der Waals surface area contributed by atoms with Crippen molar-refractivity contribution in [1.29, 1.82) is 0 Å². The SMILES string of the molecule is C[C@H]1CN(C(=O)N[C@H](c2ccccc2)c2nccn2C)CCO1. The van der Waals surface area contributed by atoms with Crippen molar-refractivity contribution in [1.82, 2.24) is 19.8 Å². The lowest BCUT2D eigenvalue weighted by Gasteiger charge is -2.32. The molecular weight excluding hydrogens is 292 g/mol. The third kappa shape index (κ3) is 3.53. The normalized spacial score (nSPS) is 19.4. The molecule has 0 spiro atoms. The van der Waals surface area contributed by atoms with E-state index in [1.165, 1.54) is 0 Å². The second-order valence-corrected chi connectivity index (χ2v) is 5.82. The Morgan fingerprint density at radius 3 is 2.83 bits per heavy atom. The van der Waals surface area contributed by atoms with Crippen molar-refractivity contribution < 1.29 is 9.53 Å². The molecule has 1 saturated heterocycles. The van der Waals surface area contributed by atoms with Crippen LogP contribution >= 0.6 is 0 Å². The molecule has 1 aliphatic heterocycles. The van der Waals surface area contributed by atoms with Crippen LogP contribution in [0, 0.1) is 0 Å². The van der Waals surface area contributed by atoms with Crippen molar-refractivity contribution in [3.05, 3.63) is 54.1 Å². The number of amides is 2. The van der Waals surface area contributed by atoms with E-state index in [-0.39, 0.29) is 18.2 Å². The van der Waals surface area contributed by atoms with Gasteiger partial charge in [0.15, 0.2) is 0 Å². The number of benzene rings is 1. The predicted octanol–water partition coefficient (Wildman–Crippen LogP) is 1.94. The minimum atomic E-state index is -0.276. The van der Waals surface area contributed by atoms with Crippen molar-refractivity contribution in [2.45, 2.75) is 19.1 Å². The van der Waals surface area contributed by atoms with Gasteiger partial charge in [-0.05, 0) is 12.5 Å². The highest BCUT2D eigenvalue weighted by molar-refractivity contribution is 5.75. The monoisotopic (exact) mass is 314 g/mol. The molecule has 1 aromatic carbocycles. The molecular formula is C17H22N4O2. The summed E-state index contributed by atoms with van der Waals surface area (Å²) in [4.78, 5) is 18.9. The minimum Gasteiger partial charge on any atom is -0.375 e. The molecule has 1 aromatic heterocycles. The molecule has 2 heterocycles. The zero-order valence-electron chi connectivity index (χ0n) is 13.5. The van der Waals surface area contributed by atoms with Gasteiger partial charge in [-0.15, -0.1) is 0 Å². The molecule has 6 heteroatoms. The zero-order valence-corrected chi connectivity index (χ0v) is 13.5. The summed E-state index contributed by atoms with van der Waals surface area (Å²) in [7, 11) is 1.93. The van der Waals surface area contributed by atoms with E-state index in [0.717, 1.165) is 11.4 Å². The molecule has 3 rings (SSSR count). The van der Waals surface area contributed by atoms with Crippen LogP contribution in [0.2, 0.25) is 0 Å². The summed E-state index contributed by atoms with van der Waals surface area (Å²) in [6, 6.07) is 9.54. The largest absolute Gasteiger partial charge is 0.375 e. The van der Waals surface area contributed by atoms with E-state index < -0.39 is 0 Å². The number of carbonyl (C=O) groups is 1. The van der Waals surface area contributed by atoms with Gasteiger partial charge in [0, 0.05) is 32.5 Å². The molecule has 0 bridgehead atoms. The lowest BCUT2D eigenvalue weighted by Crippen LogP contribution is -2.50. The van der Waals surface area contributed by atoms with E-state index in [1.807, 2.05) is 55.1 Å². The second-order valence-electron chi connectivity index (χ2n) is 5.82. The molecule has 1 aliphatic rings. The number of urea groups is 1. The Morgan fingerprint density at radius 1 is 1.39 bits per heavy atom. The number of imidazole rings is 1. The molecule has 1 N–H and O–H groups in total. The Labute approximate surface area is 136 Å². The summed E-state index contributed by atoms with van der Waals surface area (Å²) >= 11 is 0. The number of ether oxygens (including phenoxy) is 1. The maximum Gasteiger partial charge on any atom is 0.318 e. The third-order valence-electron chi connectivity index (χ3n) is 4.05. The number of rotatable bonds is 3. The highest BCUT2D eigenvalue weighted by atomic mass is 16.5. The molecule has 0 radical (unpaired) electrons. The van der Waals surface area contributed by atoms with E-state index in [9.17, 15) is 4.79 Å². The summed E-state index contributed by atoms with van der Waals surface area (Å²) in [6.07, 6.45) is 3.69. The topological polar surface area (TPSA) is 59.4 Å². The van der Waals surface area contributed by atoms with Crippen molar-refractivity contribution in [2.75, 3.05) is 19.7 Å². The van der Waals surface area contributed by atoms with Gasteiger partial charge < -0.3 is 19.5 Å². The number of aryl methyl sites for hydroxylation is 1. The quantitative estimate of drug-likeness (QED) is 0.942. The van der Waals surface area contributed by atoms with Crippen molar-refractivity contribution in [3.63, 3.8) is 0 Å². The molecule has 6 nitrogen and oxygen atoms in total. The van der Waals surface area contributed by atoms with E-state index in [0.29, 0.717) is 19.7 Å². The average Bonchev–Trinajstić information content (AvgIpc) is 2.99. The van der Waals surface area contributed by atoms with E-state index in [4.69, 9.17) is 4.74 Å². The first-order valence-electron chi connectivity index (χ1n) is 7.84. The fourth-order valence-corrected chi connectivity index (χ4v) is 2.82. The number of morpholine rings is 1. The van der Waals surface area contributed by atoms with Crippen LogP contribution in [0.4, 0.5) is 4.79 Å². The Hall–Kier alpha value is -2.34. The molecule has 0 unspecified atom stereocenters. The van der Waals surface area contributed by atoms with Crippen LogP contribution in [-0.2, 0) is 11.8 Å². The summed E-state index contributed by atoms with van der Waals surface area (Å²) in [6.45, 7) is 3.77. The summed E-state index contributed by atoms with van der Waals surface area (Å²) in [5, 5.41) is 3.11. The summed E-state index contributed by atoms with van der Waals surface area (Å²) in [5.74, 6) is 0.811. The van der Waals surface area contributed by atoms with Crippen molar-refractivity contribution in [3.8, 4) is 0 Å². The lowest BCUT2D eigenvalue weighted by molar-refractivity contribution is -0.00376. The van der Waals surface area contributed by atoms with Gasteiger partial charge in [0.2, 0.25) is 0 Å². The van der Waals surface area contributed by atoms with Crippen LogP contribution in [-0.4, -0.2) is 46.3 Å². The first-order valence-corrected chi connectivity index (χ1v) is 7.84. The lowest BCUT2D eigenvalue weighted by atomic mass is 10.1. The maximum atomic E-state index is 12.7. The fraction of sp³-hybridized carbons (Fsp3) is 0.412. The highest BCUT2D eigenvalue weighted by Crippen LogP contribution is 2.20. The van der Waals surface area contributed by atoms with Gasteiger partial charge in [-0.2, -0.15) is 0 Å². The molecule has 2 atom stereocenters. The molecule has 2 aromatic rings. The third-order valence-corrected chi connectivity index (χ3v) is 4.05. The molecule has 0 saturated carbocycles. The number of carbonyl (C=O) groups excluding carboxylic acids is 1. The Bertz CT molecular complexity index is 656. The molecule has 1 fully saturated rings. The standard InChI is InChI=1S/C17H22N4O2/c1-13-12-21(10-11-23-13)17(22)19-15(14-6-4-3-5-7-14)16-18-8-9-20(16)2/h3-9,13,15H,10-12H2,1-2H3,(H,19,22)/t13-,15+/m0/s1. The first kappa shape index (κ1) is 15.6.